The number of aryl methyl sites for hydroxylation is 2. The van der Waals surface area contributed by atoms with Crippen LogP contribution in [0.3, 0.4) is 0 Å². The minimum absolute atomic E-state index is 0.0638. The molecule has 0 saturated heterocycles. The minimum atomic E-state index is -4.10. The average Bonchev–Trinajstić information content (AvgIpc) is 2.85. The van der Waals surface area contributed by atoms with Gasteiger partial charge in [0.15, 0.2) is 11.5 Å². The van der Waals surface area contributed by atoms with Crippen molar-refractivity contribution < 1.29 is 22.7 Å². The predicted octanol–water partition coefficient (Wildman–Crippen LogP) is 1.80. The zero-order valence-electron chi connectivity index (χ0n) is 15.5. The van der Waals surface area contributed by atoms with E-state index in [9.17, 15) is 13.2 Å². The summed E-state index contributed by atoms with van der Waals surface area (Å²) >= 11 is 5.97. The van der Waals surface area contributed by atoms with Crippen LogP contribution in [0.15, 0.2) is 23.1 Å². The topological polar surface area (TPSA) is 112 Å². The lowest BCUT2D eigenvalue weighted by Gasteiger charge is -2.14. The summed E-state index contributed by atoms with van der Waals surface area (Å²) in [6.45, 7) is 5.22. The number of sulfonamides is 1. The molecule has 0 spiro atoms. The van der Waals surface area contributed by atoms with Crippen molar-refractivity contribution in [3.05, 3.63) is 34.6 Å². The molecule has 148 valence electrons. The van der Waals surface area contributed by atoms with Crippen molar-refractivity contribution in [2.45, 2.75) is 31.8 Å². The number of hydrogen-bond acceptors (Lipinski definition) is 6. The molecule has 27 heavy (non-hydrogen) atoms. The second-order valence-electron chi connectivity index (χ2n) is 5.92. The molecule has 0 aliphatic heterocycles. The Hall–Kier alpha value is -2.30. The third-order valence-corrected chi connectivity index (χ3v) is 5.40. The molecule has 1 aromatic heterocycles. The molecule has 0 saturated carbocycles. The summed E-state index contributed by atoms with van der Waals surface area (Å²) in [5.74, 6) is 0.151. The number of methoxy groups -OCH3 is 1. The fraction of sp³-hybridized carbons (Fsp3) is 0.375. The van der Waals surface area contributed by atoms with Crippen molar-refractivity contribution in [1.82, 2.24) is 20.0 Å². The van der Waals surface area contributed by atoms with Gasteiger partial charge in [-0.05, 0) is 39.0 Å². The number of amides is 1. The van der Waals surface area contributed by atoms with E-state index >= 15 is 0 Å². The van der Waals surface area contributed by atoms with Crippen molar-refractivity contribution in [2.75, 3.05) is 7.11 Å². The van der Waals surface area contributed by atoms with Crippen LogP contribution in [0.5, 0.6) is 11.5 Å². The third kappa shape index (κ3) is 4.71. The van der Waals surface area contributed by atoms with Crippen molar-refractivity contribution in [3.63, 3.8) is 0 Å². The molecule has 1 aromatic carbocycles. The maximum atomic E-state index is 12.4. The zero-order chi connectivity index (χ0) is 20.4. The Morgan fingerprint density at radius 1 is 1.30 bits per heavy atom. The first kappa shape index (κ1) is 21.0. The SMILES string of the molecule is COc1cc(C(=O)NNS(=O)(=O)c2c(C)nn(C)c2Cl)ccc1OC(C)C. The van der Waals surface area contributed by atoms with Crippen molar-refractivity contribution in [3.8, 4) is 11.5 Å². The van der Waals surface area contributed by atoms with Crippen LogP contribution in [-0.4, -0.2) is 37.3 Å². The summed E-state index contributed by atoms with van der Waals surface area (Å²) in [6.07, 6.45) is -0.0714. The van der Waals surface area contributed by atoms with Gasteiger partial charge in [0.25, 0.3) is 15.9 Å². The lowest BCUT2D eigenvalue weighted by Crippen LogP contribution is -2.41. The highest BCUT2D eigenvalue weighted by molar-refractivity contribution is 7.89. The van der Waals surface area contributed by atoms with Crippen LogP contribution in [0.1, 0.15) is 29.9 Å². The number of carbonyl (C=O) groups excluding carboxylic acids is 1. The van der Waals surface area contributed by atoms with Gasteiger partial charge in [0.1, 0.15) is 10.0 Å². The van der Waals surface area contributed by atoms with Gasteiger partial charge < -0.3 is 9.47 Å². The second-order valence-corrected chi connectivity index (χ2v) is 7.90. The monoisotopic (exact) mass is 416 g/mol. The minimum Gasteiger partial charge on any atom is -0.493 e. The van der Waals surface area contributed by atoms with Gasteiger partial charge in [-0.1, -0.05) is 11.6 Å². The highest BCUT2D eigenvalue weighted by atomic mass is 35.5. The van der Waals surface area contributed by atoms with E-state index in [1.165, 1.54) is 37.9 Å². The van der Waals surface area contributed by atoms with Gasteiger partial charge >= 0.3 is 0 Å². The molecule has 0 fully saturated rings. The Bertz CT molecular complexity index is 956. The molecule has 2 N–H and O–H groups in total. The zero-order valence-corrected chi connectivity index (χ0v) is 17.1. The van der Waals surface area contributed by atoms with E-state index in [1.807, 2.05) is 18.7 Å². The molecule has 2 aromatic rings. The van der Waals surface area contributed by atoms with Gasteiger partial charge in [-0.3, -0.25) is 14.9 Å². The number of benzene rings is 1. The highest BCUT2D eigenvalue weighted by Gasteiger charge is 2.26. The van der Waals surface area contributed by atoms with Crippen LogP contribution in [0, 0.1) is 6.92 Å². The van der Waals surface area contributed by atoms with Crippen LogP contribution in [0.4, 0.5) is 0 Å². The Morgan fingerprint density at radius 3 is 2.48 bits per heavy atom. The first-order valence-electron chi connectivity index (χ1n) is 7.92. The highest BCUT2D eigenvalue weighted by Crippen LogP contribution is 2.29. The van der Waals surface area contributed by atoms with Gasteiger partial charge in [0.05, 0.1) is 18.9 Å². The quantitative estimate of drug-likeness (QED) is 0.665. The summed E-state index contributed by atoms with van der Waals surface area (Å²) in [5.41, 5.74) is 2.53. The first-order chi connectivity index (χ1) is 12.6. The van der Waals surface area contributed by atoms with Gasteiger partial charge in [0, 0.05) is 12.6 Å². The molecular formula is C16H21ClN4O5S. The fourth-order valence-corrected chi connectivity index (χ4v) is 3.90. The maximum absolute atomic E-state index is 12.4. The molecule has 0 atom stereocenters. The number of hydrogen-bond donors (Lipinski definition) is 2. The van der Waals surface area contributed by atoms with E-state index in [4.69, 9.17) is 21.1 Å². The molecule has 9 nitrogen and oxygen atoms in total. The normalized spacial score (nSPS) is 11.5. The molecule has 1 amide bonds. The lowest BCUT2D eigenvalue weighted by atomic mass is 10.2. The molecule has 1 heterocycles. The summed E-state index contributed by atoms with van der Waals surface area (Å²) in [5, 5.41) is 3.88. The molecule has 0 bridgehead atoms. The van der Waals surface area contributed by atoms with Gasteiger partial charge in [-0.25, -0.2) is 8.42 Å². The number of carbonyl (C=O) groups is 1. The molecule has 11 heteroatoms. The van der Waals surface area contributed by atoms with E-state index in [1.54, 1.807) is 6.07 Å². The standard InChI is InChI=1S/C16H21ClN4O5S/c1-9(2)26-12-7-6-11(8-13(12)25-5)16(22)18-20-27(23,24)14-10(3)19-21(4)15(14)17/h6-9,20H,1-5H3,(H,18,22). The molecule has 0 unspecified atom stereocenters. The number of nitrogens with zero attached hydrogens (tertiary/aromatic N) is 2. The van der Waals surface area contributed by atoms with Gasteiger partial charge in [-0.15, -0.1) is 4.83 Å². The maximum Gasteiger partial charge on any atom is 0.266 e. The van der Waals surface area contributed by atoms with Crippen molar-refractivity contribution in [2.24, 2.45) is 7.05 Å². The summed E-state index contributed by atoms with van der Waals surface area (Å²) in [4.78, 5) is 14.1. The first-order valence-corrected chi connectivity index (χ1v) is 9.79. The van der Waals surface area contributed by atoms with E-state index < -0.39 is 15.9 Å². The van der Waals surface area contributed by atoms with Crippen LogP contribution < -0.4 is 19.7 Å². The Morgan fingerprint density at radius 2 is 1.96 bits per heavy atom. The Balaban J connectivity index is 2.18. The average molecular weight is 417 g/mol. The number of hydrazine groups is 1. The molecule has 0 aliphatic carbocycles. The summed E-state index contributed by atoms with van der Waals surface area (Å²) < 4.78 is 36.8. The largest absolute Gasteiger partial charge is 0.493 e. The Kier molecular flexibility index (Phi) is 6.34. The number of nitrogens with one attached hydrogen (secondary N) is 2. The summed E-state index contributed by atoms with van der Waals surface area (Å²) in [7, 11) is -1.14. The van der Waals surface area contributed by atoms with Gasteiger partial charge in [-0.2, -0.15) is 5.10 Å². The van der Waals surface area contributed by atoms with Crippen LogP contribution in [-0.2, 0) is 17.1 Å². The fourth-order valence-electron chi connectivity index (χ4n) is 2.31. The van der Waals surface area contributed by atoms with Crippen molar-refractivity contribution in [1.29, 1.82) is 0 Å². The number of halogens is 1. The lowest BCUT2D eigenvalue weighted by molar-refractivity contribution is 0.0944. The van der Waals surface area contributed by atoms with Crippen LogP contribution in [0.25, 0.3) is 0 Å². The van der Waals surface area contributed by atoms with Crippen LogP contribution in [0.2, 0.25) is 5.15 Å². The smallest absolute Gasteiger partial charge is 0.266 e. The predicted molar refractivity (Wildman–Crippen MR) is 99.5 cm³/mol. The van der Waals surface area contributed by atoms with E-state index in [0.717, 1.165) is 0 Å². The van der Waals surface area contributed by atoms with E-state index in [2.05, 4.69) is 10.5 Å². The van der Waals surface area contributed by atoms with E-state index in [-0.39, 0.29) is 27.4 Å². The summed E-state index contributed by atoms with van der Waals surface area (Å²) in [6, 6.07) is 4.51. The molecule has 0 radical (unpaired) electrons. The Labute approximate surface area is 162 Å². The van der Waals surface area contributed by atoms with Crippen molar-refractivity contribution >= 4 is 27.5 Å². The second kappa shape index (κ2) is 8.15. The number of aromatic nitrogens is 2. The molecule has 0 aliphatic rings. The van der Waals surface area contributed by atoms with Gasteiger partial charge in [0.2, 0.25) is 0 Å². The number of ether oxygens (including phenoxy) is 2. The van der Waals surface area contributed by atoms with E-state index in [0.29, 0.717) is 11.5 Å². The molecular weight excluding hydrogens is 396 g/mol. The number of rotatable bonds is 7. The molecule has 2 rings (SSSR count). The third-order valence-electron chi connectivity index (χ3n) is 3.46. The van der Waals surface area contributed by atoms with Crippen LogP contribution >= 0.6 is 11.6 Å².